The molecule has 0 radical (unpaired) electrons. The third-order valence-electron chi connectivity index (χ3n) is 2.92. The van der Waals surface area contributed by atoms with Crippen molar-refractivity contribution in [2.75, 3.05) is 7.11 Å². The highest BCUT2D eigenvalue weighted by Gasteiger charge is 2.10. The van der Waals surface area contributed by atoms with Crippen LogP contribution in [0.5, 0.6) is 5.75 Å². The van der Waals surface area contributed by atoms with Gasteiger partial charge >= 0.3 is 0 Å². The van der Waals surface area contributed by atoms with Gasteiger partial charge in [-0.25, -0.2) is 0 Å². The number of ether oxygens (including phenoxy) is 1. The number of carbonyl (C=O) groups is 1. The summed E-state index contributed by atoms with van der Waals surface area (Å²) >= 11 is 0. The third-order valence-corrected chi connectivity index (χ3v) is 2.92. The molecule has 0 amide bonds. The topological polar surface area (TPSA) is 26.3 Å². The van der Waals surface area contributed by atoms with Gasteiger partial charge in [-0.15, -0.1) is 0 Å². The van der Waals surface area contributed by atoms with Gasteiger partial charge in [-0.1, -0.05) is 30.3 Å². The zero-order valence-corrected chi connectivity index (χ0v) is 10.9. The van der Waals surface area contributed by atoms with E-state index < -0.39 is 0 Å². The fraction of sp³-hybridized carbons (Fsp3) is 0.188. The molecule has 2 aromatic rings. The largest absolute Gasteiger partial charge is 0.496 e. The van der Waals surface area contributed by atoms with Crippen molar-refractivity contribution in [1.82, 2.24) is 0 Å². The number of benzene rings is 2. The molecule has 2 aromatic carbocycles. The van der Waals surface area contributed by atoms with Crippen molar-refractivity contribution < 1.29 is 9.53 Å². The Morgan fingerprint density at radius 2 is 1.83 bits per heavy atom. The van der Waals surface area contributed by atoms with Crippen LogP contribution in [0.1, 0.15) is 19.4 Å². The summed E-state index contributed by atoms with van der Waals surface area (Å²) in [4.78, 5) is 11.2. The molecule has 0 heterocycles. The number of carbonyl (C=O) groups excluding carboxylic acids is 1. The molecule has 2 nitrogen and oxygen atoms in total. The monoisotopic (exact) mass is 240 g/mol. The van der Waals surface area contributed by atoms with Crippen LogP contribution < -0.4 is 4.74 Å². The van der Waals surface area contributed by atoms with E-state index >= 15 is 0 Å². The summed E-state index contributed by atoms with van der Waals surface area (Å²) in [6.45, 7) is 3.49. The van der Waals surface area contributed by atoms with Gasteiger partial charge in [0.05, 0.1) is 7.11 Å². The lowest BCUT2D eigenvalue weighted by atomic mass is 9.97. The van der Waals surface area contributed by atoms with Gasteiger partial charge in [0, 0.05) is 5.56 Å². The van der Waals surface area contributed by atoms with E-state index in [4.69, 9.17) is 4.74 Å². The molecule has 0 saturated carbocycles. The number of methoxy groups -OCH3 is 1. The molecule has 0 spiro atoms. The first-order valence-corrected chi connectivity index (χ1v) is 5.88. The minimum absolute atomic E-state index is 0.0440. The molecule has 0 N–H and O–H groups in total. The van der Waals surface area contributed by atoms with Crippen molar-refractivity contribution in [2.45, 2.75) is 13.8 Å². The molecular weight excluding hydrogens is 224 g/mol. The summed E-state index contributed by atoms with van der Waals surface area (Å²) in [6.07, 6.45) is 1.64. The van der Waals surface area contributed by atoms with E-state index in [1.165, 1.54) is 0 Å². The molecule has 0 unspecified atom stereocenters. The molecule has 2 rings (SSSR count). The van der Waals surface area contributed by atoms with Gasteiger partial charge in [-0.2, -0.15) is 0 Å². The van der Waals surface area contributed by atoms with Crippen LogP contribution in [-0.4, -0.2) is 12.9 Å². The van der Waals surface area contributed by atoms with Gasteiger partial charge in [-0.3, -0.25) is 4.79 Å². The molecule has 0 bridgehead atoms. The van der Waals surface area contributed by atoms with Gasteiger partial charge in [0.1, 0.15) is 5.75 Å². The van der Waals surface area contributed by atoms with E-state index in [0.717, 1.165) is 27.7 Å². The van der Waals surface area contributed by atoms with Crippen molar-refractivity contribution in [1.29, 1.82) is 0 Å². The molecular formula is C16H16O2. The van der Waals surface area contributed by atoms with Gasteiger partial charge in [-0.05, 0) is 42.3 Å². The average molecular weight is 240 g/mol. The zero-order valence-electron chi connectivity index (χ0n) is 10.9. The van der Waals surface area contributed by atoms with Crippen LogP contribution in [0.3, 0.4) is 0 Å². The van der Waals surface area contributed by atoms with E-state index in [1.54, 1.807) is 20.1 Å². The Kier molecular flexibility index (Phi) is 3.47. The molecule has 0 aliphatic heterocycles. The van der Waals surface area contributed by atoms with Crippen molar-refractivity contribution in [3.05, 3.63) is 48.0 Å². The highest BCUT2D eigenvalue weighted by molar-refractivity contribution is 6.02. The molecule has 0 aromatic heterocycles. The van der Waals surface area contributed by atoms with Crippen molar-refractivity contribution in [3.63, 3.8) is 0 Å². The van der Waals surface area contributed by atoms with Crippen molar-refractivity contribution >= 4 is 22.1 Å². The molecule has 0 aliphatic rings. The molecule has 2 heteroatoms. The number of rotatable bonds is 3. The third kappa shape index (κ3) is 2.28. The Labute approximate surface area is 107 Å². The fourth-order valence-electron chi connectivity index (χ4n) is 2.21. The van der Waals surface area contributed by atoms with Crippen LogP contribution in [0.4, 0.5) is 0 Å². The van der Waals surface area contributed by atoms with Crippen LogP contribution in [0.25, 0.3) is 16.3 Å². The second kappa shape index (κ2) is 5.05. The van der Waals surface area contributed by atoms with Crippen LogP contribution in [0, 0.1) is 0 Å². The van der Waals surface area contributed by atoms with E-state index in [2.05, 4.69) is 6.07 Å². The van der Waals surface area contributed by atoms with Crippen molar-refractivity contribution in [3.8, 4) is 5.75 Å². The molecule has 0 aliphatic carbocycles. The number of allylic oxidation sites excluding steroid dienone is 2. The maximum Gasteiger partial charge on any atom is 0.152 e. The average Bonchev–Trinajstić information content (AvgIpc) is 2.36. The second-order valence-electron chi connectivity index (χ2n) is 4.30. The first kappa shape index (κ1) is 12.4. The zero-order chi connectivity index (χ0) is 13.1. The van der Waals surface area contributed by atoms with Gasteiger partial charge in [0.15, 0.2) is 5.78 Å². The number of fused-ring (bicyclic) bond motifs is 1. The smallest absolute Gasteiger partial charge is 0.152 e. The highest BCUT2D eigenvalue weighted by atomic mass is 16.5. The molecule has 0 saturated heterocycles. The lowest BCUT2D eigenvalue weighted by Crippen LogP contribution is -1.93. The molecule has 18 heavy (non-hydrogen) atoms. The summed E-state index contributed by atoms with van der Waals surface area (Å²) in [6, 6.07) is 12.1. The fourth-order valence-corrected chi connectivity index (χ4v) is 2.21. The van der Waals surface area contributed by atoms with E-state index in [1.807, 2.05) is 37.3 Å². The molecule has 92 valence electrons. The molecule has 0 atom stereocenters. The van der Waals surface area contributed by atoms with Crippen LogP contribution >= 0.6 is 0 Å². The van der Waals surface area contributed by atoms with Gasteiger partial charge in [0.25, 0.3) is 0 Å². The first-order chi connectivity index (χ1) is 8.63. The Morgan fingerprint density at radius 1 is 1.11 bits per heavy atom. The van der Waals surface area contributed by atoms with E-state index in [-0.39, 0.29) is 5.78 Å². The quantitative estimate of drug-likeness (QED) is 0.762. The summed E-state index contributed by atoms with van der Waals surface area (Å²) in [5.74, 6) is 0.839. The minimum atomic E-state index is 0.0440. The lowest BCUT2D eigenvalue weighted by Gasteiger charge is -2.12. The predicted molar refractivity (Wildman–Crippen MR) is 74.8 cm³/mol. The summed E-state index contributed by atoms with van der Waals surface area (Å²) in [7, 11) is 1.65. The van der Waals surface area contributed by atoms with Crippen molar-refractivity contribution in [2.24, 2.45) is 0 Å². The van der Waals surface area contributed by atoms with Crippen LogP contribution in [0.2, 0.25) is 0 Å². The van der Waals surface area contributed by atoms with E-state index in [9.17, 15) is 4.79 Å². The maximum absolute atomic E-state index is 11.2. The summed E-state index contributed by atoms with van der Waals surface area (Å²) in [5, 5.41) is 2.25. The van der Waals surface area contributed by atoms with E-state index in [0.29, 0.717) is 0 Å². The second-order valence-corrected chi connectivity index (χ2v) is 4.30. The first-order valence-electron chi connectivity index (χ1n) is 5.88. The Hall–Kier alpha value is -2.09. The standard InChI is InChI=1S/C16H16O2/c1-11(10-12(2)17)16-14-7-5-4-6-13(14)8-9-15(16)18-3/h4-10H,1-3H3/b11-10+. The van der Waals surface area contributed by atoms with Gasteiger partial charge < -0.3 is 4.74 Å². The number of hydrogen-bond donors (Lipinski definition) is 0. The Morgan fingerprint density at radius 3 is 2.50 bits per heavy atom. The SMILES string of the molecule is COc1ccc2ccccc2c1/C(C)=C/C(C)=O. The number of ketones is 1. The molecule has 0 fully saturated rings. The van der Waals surface area contributed by atoms with Gasteiger partial charge in [0.2, 0.25) is 0 Å². The van der Waals surface area contributed by atoms with Crippen LogP contribution in [0.15, 0.2) is 42.5 Å². The Bertz CT molecular complexity index is 624. The lowest BCUT2D eigenvalue weighted by molar-refractivity contribution is -0.112. The predicted octanol–water partition coefficient (Wildman–Crippen LogP) is 3.84. The normalized spacial score (nSPS) is 11.6. The minimum Gasteiger partial charge on any atom is -0.496 e. The number of hydrogen-bond acceptors (Lipinski definition) is 2. The van der Waals surface area contributed by atoms with Crippen LogP contribution in [-0.2, 0) is 4.79 Å². The summed E-state index contributed by atoms with van der Waals surface area (Å²) < 4.78 is 5.40. The summed E-state index contributed by atoms with van der Waals surface area (Å²) in [5.41, 5.74) is 1.92. The highest BCUT2D eigenvalue weighted by Crippen LogP contribution is 2.33. The Balaban J connectivity index is 2.76. The maximum atomic E-state index is 11.2.